The van der Waals surface area contributed by atoms with Crippen LogP contribution in [0.4, 0.5) is 5.69 Å². The van der Waals surface area contributed by atoms with Crippen molar-refractivity contribution in [2.45, 2.75) is 26.3 Å². The van der Waals surface area contributed by atoms with Gasteiger partial charge < -0.3 is 10.6 Å². The summed E-state index contributed by atoms with van der Waals surface area (Å²) in [4.78, 5) is 26.3. The average molecular weight is 353 g/mol. The van der Waals surface area contributed by atoms with E-state index in [9.17, 15) is 9.59 Å². The molecule has 138 valence electrons. The number of carbonyl (C=O) groups is 2. The van der Waals surface area contributed by atoms with E-state index in [2.05, 4.69) is 17.6 Å². The number of unbranched alkanes of at least 4 members (excludes halogenated alkanes) is 1. The molecule has 2 rings (SSSR count). The molecule has 0 fully saturated rings. The number of anilines is 1. The highest BCUT2D eigenvalue weighted by Gasteiger charge is 2.10. The fourth-order valence-corrected chi connectivity index (χ4v) is 2.62. The van der Waals surface area contributed by atoms with E-state index in [0.717, 1.165) is 18.4 Å². The van der Waals surface area contributed by atoms with Gasteiger partial charge in [0.25, 0.3) is 5.91 Å². The van der Waals surface area contributed by atoms with Crippen molar-refractivity contribution < 1.29 is 9.59 Å². The predicted molar refractivity (Wildman–Crippen MR) is 105 cm³/mol. The van der Waals surface area contributed by atoms with Crippen molar-refractivity contribution in [1.29, 1.82) is 0 Å². The molecule has 0 aliphatic carbocycles. The lowest BCUT2D eigenvalue weighted by atomic mass is 10.2. The Balaban J connectivity index is 1.86. The summed E-state index contributed by atoms with van der Waals surface area (Å²) >= 11 is 0. The molecule has 2 aromatic carbocycles. The molecule has 0 spiro atoms. The molecular formula is C21H27N3O2. The van der Waals surface area contributed by atoms with Crippen molar-refractivity contribution in [1.82, 2.24) is 10.2 Å². The first-order valence-electron chi connectivity index (χ1n) is 8.99. The predicted octanol–water partition coefficient (Wildman–Crippen LogP) is 3.29. The SMILES string of the molecule is CCCCNC(=O)c1cccc(NC(=O)CN(C)Cc2ccccc2)c1. The van der Waals surface area contributed by atoms with E-state index in [1.165, 1.54) is 0 Å². The van der Waals surface area contributed by atoms with Crippen LogP contribution < -0.4 is 10.6 Å². The standard InChI is InChI=1S/C21H27N3O2/c1-3-4-13-22-21(26)18-11-8-12-19(14-18)23-20(25)16-24(2)15-17-9-6-5-7-10-17/h5-12,14H,3-4,13,15-16H2,1-2H3,(H,22,26)(H,23,25). The van der Waals surface area contributed by atoms with Crippen LogP contribution in [0.15, 0.2) is 54.6 Å². The van der Waals surface area contributed by atoms with E-state index in [1.54, 1.807) is 24.3 Å². The minimum atomic E-state index is -0.115. The highest BCUT2D eigenvalue weighted by molar-refractivity contribution is 5.97. The van der Waals surface area contributed by atoms with Crippen molar-refractivity contribution in [2.24, 2.45) is 0 Å². The second kappa shape index (κ2) is 10.4. The minimum absolute atomic E-state index is 0.105. The highest BCUT2D eigenvalue weighted by atomic mass is 16.2. The molecule has 26 heavy (non-hydrogen) atoms. The molecule has 2 N–H and O–H groups in total. The lowest BCUT2D eigenvalue weighted by Crippen LogP contribution is -2.30. The zero-order valence-electron chi connectivity index (χ0n) is 15.5. The smallest absolute Gasteiger partial charge is 0.251 e. The summed E-state index contributed by atoms with van der Waals surface area (Å²) in [7, 11) is 1.91. The van der Waals surface area contributed by atoms with Gasteiger partial charge >= 0.3 is 0 Å². The summed E-state index contributed by atoms with van der Waals surface area (Å²) in [6.07, 6.45) is 1.99. The van der Waals surface area contributed by atoms with Crippen molar-refractivity contribution in [3.63, 3.8) is 0 Å². The third-order valence-electron chi connectivity index (χ3n) is 3.93. The number of hydrogen-bond acceptors (Lipinski definition) is 3. The molecule has 0 aliphatic heterocycles. The third kappa shape index (κ3) is 6.69. The van der Waals surface area contributed by atoms with Gasteiger partial charge in [0.05, 0.1) is 6.54 Å². The maximum atomic E-state index is 12.3. The second-order valence-electron chi connectivity index (χ2n) is 6.40. The molecule has 0 saturated heterocycles. The Morgan fingerprint density at radius 1 is 1.04 bits per heavy atom. The van der Waals surface area contributed by atoms with Gasteiger partial charge in [0.2, 0.25) is 5.91 Å². The van der Waals surface area contributed by atoms with Crippen LogP contribution >= 0.6 is 0 Å². The topological polar surface area (TPSA) is 61.4 Å². The van der Waals surface area contributed by atoms with E-state index in [4.69, 9.17) is 0 Å². The van der Waals surface area contributed by atoms with Gasteiger partial charge in [-0.2, -0.15) is 0 Å². The first-order chi connectivity index (χ1) is 12.6. The van der Waals surface area contributed by atoms with Crippen LogP contribution in [0.25, 0.3) is 0 Å². The van der Waals surface area contributed by atoms with Crippen LogP contribution in [-0.4, -0.2) is 36.9 Å². The Hall–Kier alpha value is -2.66. The maximum Gasteiger partial charge on any atom is 0.251 e. The van der Waals surface area contributed by atoms with Crippen molar-refractivity contribution in [2.75, 3.05) is 25.5 Å². The summed E-state index contributed by atoms with van der Waals surface area (Å²) in [5, 5.41) is 5.74. The molecule has 2 aromatic rings. The van der Waals surface area contributed by atoms with Gasteiger partial charge in [0, 0.05) is 24.3 Å². The Bertz CT molecular complexity index is 716. The Labute approximate surface area is 155 Å². The molecule has 2 amide bonds. The second-order valence-corrected chi connectivity index (χ2v) is 6.40. The summed E-state index contributed by atoms with van der Waals surface area (Å²) < 4.78 is 0. The van der Waals surface area contributed by atoms with Gasteiger partial charge in [-0.3, -0.25) is 14.5 Å². The first-order valence-corrected chi connectivity index (χ1v) is 8.99. The largest absolute Gasteiger partial charge is 0.352 e. The van der Waals surface area contributed by atoms with Gasteiger partial charge in [-0.25, -0.2) is 0 Å². The average Bonchev–Trinajstić information content (AvgIpc) is 2.62. The van der Waals surface area contributed by atoms with Gasteiger partial charge in [-0.15, -0.1) is 0 Å². The lowest BCUT2D eigenvalue weighted by Gasteiger charge is -2.16. The van der Waals surface area contributed by atoms with Gasteiger partial charge in [0.1, 0.15) is 0 Å². The summed E-state index contributed by atoms with van der Waals surface area (Å²) in [6.45, 7) is 3.73. The number of hydrogen-bond donors (Lipinski definition) is 2. The summed E-state index contributed by atoms with van der Waals surface area (Å²) in [5.41, 5.74) is 2.34. The highest BCUT2D eigenvalue weighted by Crippen LogP contribution is 2.11. The number of nitrogens with one attached hydrogen (secondary N) is 2. The van der Waals surface area contributed by atoms with Crippen LogP contribution in [-0.2, 0) is 11.3 Å². The molecule has 0 heterocycles. The molecule has 0 radical (unpaired) electrons. The van der Waals surface area contributed by atoms with E-state index in [0.29, 0.717) is 24.3 Å². The summed E-state index contributed by atoms with van der Waals surface area (Å²) in [6, 6.07) is 17.0. The number of rotatable bonds is 9. The van der Waals surface area contributed by atoms with Crippen molar-refractivity contribution >= 4 is 17.5 Å². The molecule has 5 nitrogen and oxygen atoms in total. The monoisotopic (exact) mass is 353 g/mol. The molecule has 0 saturated carbocycles. The number of benzene rings is 2. The number of carbonyl (C=O) groups excluding carboxylic acids is 2. The van der Waals surface area contributed by atoms with Crippen LogP contribution in [0.5, 0.6) is 0 Å². The molecule has 0 unspecified atom stereocenters. The van der Waals surface area contributed by atoms with E-state index < -0.39 is 0 Å². The third-order valence-corrected chi connectivity index (χ3v) is 3.93. The zero-order valence-corrected chi connectivity index (χ0v) is 15.5. The van der Waals surface area contributed by atoms with Crippen LogP contribution in [0.3, 0.4) is 0 Å². The molecule has 5 heteroatoms. The minimum Gasteiger partial charge on any atom is -0.352 e. The first kappa shape index (κ1) is 19.7. The Morgan fingerprint density at radius 3 is 2.54 bits per heavy atom. The Morgan fingerprint density at radius 2 is 1.81 bits per heavy atom. The van der Waals surface area contributed by atoms with Gasteiger partial charge in [-0.1, -0.05) is 49.7 Å². The van der Waals surface area contributed by atoms with Gasteiger partial charge in [-0.05, 0) is 37.2 Å². The van der Waals surface area contributed by atoms with Gasteiger partial charge in [0.15, 0.2) is 0 Å². The summed E-state index contributed by atoms with van der Waals surface area (Å²) in [5.74, 6) is -0.220. The van der Waals surface area contributed by atoms with Crippen molar-refractivity contribution in [3.8, 4) is 0 Å². The van der Waals surface area contributed by atoms with E-state index in [-0.39, 0.29) is 18.4 Å². The van der Waals surface area contributed by atoms with Crippen LogP contribution in [0.2, 0.25) is 0 Å². The maximum absolute atomic E-state index is 12.3. The molecule has 0 bridgehead atoms. The van der Waals surface area contributed by atoms with E-state index in [1.807, 2.05) is 42.3 Å². The Kier molecular flexibility index (Phi) is 7.83. The fraction of sp³-hybridized carbons (Fsp3) is 0.333. The number of likely N-dealkylation sites (N-methyl/N-ethyl adjacent to an activating group) is 1. The molecule has 0 aromatic heterocycles. The number of amides is 2. The quantitative estimate of drug-likeness (QED) is 0.680. The molecule has 0 atom stereocenters. The normalized spacial score (nSPS) is 10.6. The number of nitrogens with zero attached hydrogens (tertiary/aromatic N) is 1. The van der Waals surface area contributed by atoms with E-state index >= 15 is 0 Å². The lowest BCUT2D eigenvalue weighted by molar-refractivity contribution is -0.117. The fourth-order valence-electron chi connectivity index (χ4n) is 2.62. The van der Waals surface area contributed by atoms with Crippen LogP contribution in [0, 0.1) is 0 Å². The zero-order chi connectivity index (χ0) is 18.8. The van der Waals surface area contributed by atoms with Crippen LogP contribution in [0.1, 0.15) is 35.7 Å². The molecule has 0 aliphatic rings. The molecular weight excluding hydrogens is 326 g/mol. The van der Waals surface area contributed by atoms with Crippen molar-refractivity contribution in [3.05, 3.63) is 65.7 Å².